The van der Waals surface area contributed by atoms with E-state index in [0.717, 1.165) is 0 Å². The molecule has 1 aliphatic heterocycles. The first-order valence-electron chi connectivity index (χ1n) is 12.1. The number of carbonyl (C=O) groups is 1. The van der Waals surface area contributed by atoms with E-state index in [1.807, 2.05) is 0 Å². The van der Waals surface area contributed by atoms with E-state index in [0.29, 0.717) is 59.9 Å². The first-order valence-corrected chi connectivity index (χ1v) is 12.9. The molecule has 3 saturated carbocycles. The third kappa shape index (κ3) is 4.18. The first-order chi connectivity index (χ1) is 17.7. The van der Waals surface area contributed by atoms with Gasteiger partial charge in [0.05, 0.1) is 28.2 Å². The van der Waals surface area contributed by atoms with Gasteiger partial charge in [0.2, 0.25) is 11.8 Å². The minimum absolute atomic E-state index is 0.00453. The third-order valence-electron chi connectivity index (χ3n) is 8.07. The molecule has 4 aliphatic rings. The summed E-state index contributed by atoms with van der Waals surface area (Å²) in [6, 6.07) is 9.19. The maximum Gasteiger partial charge on any atom is 0.261 e. The van der Waals surface area contributed by atoms with Crippen LogP contribution in [0.3, 0.4) is 0 Å². The molecule has 0 spiro atoms. The van der Waals surface area contributed by atoms with Gasteiger partial charge in [-0.3, -0.25) is 4.79 Å². The summed E-state index contributed by atoms with van der Waals surface area (Å²) in [7, 11) is 0. The highest BCUT2D eigenvalue weighted by atomic mass is 35.5. The second-order valence-corrected chi connectivity index (χ2v) is 11.1. The van der Waals surface area contributed by atoms with E-state index in [1.165, 1.54) is 12.1 Å². The number of hydrogen-bond acceptors (Lipinski definition) is 7. The number of amides is 1. The van der Waals surface area contributed by atoms with Gasteiger partial charge in [-0.05, 0) is 68.5 Å². The molecule has 2 aromatic carbocycles. The number of nitrogens with one attached hydrogen (secondary N) is 1. The van der Waals surface area contributed by atoms with Crippen molar-refractivity contribution >= 4 is 29.1 Å². The predicted molar refractivity (Wildman–Crippen MR) is 132 cm³/mol. The molecular formula is C26H24Cl2FN3O5. The molecule has 3 aromatic rings. The minimum Gasteiger partial charge on any atom is -0.480 e. The monoisotopic (exact) mass is 547 g/mol. The van der Waals surface area contributed by atoms with Crippen LogP contribution in [0.25, 0.3) is 11.5 Å². The molecule has 3 aliphatic carbocycles. The number of nitrogens with zero attached hydrogens (tertiary/aromatic N) is 2. The summed E-state index contributed by atoms with van der Waals surface area (Å²) in [6.45, 7) is 0. The Morgan fingerprint density at radius 1 is 1.08 bits per heavy atom. The summed E-state index contributed by atoms with van der Waals surface area (Å²) in [5, 5.41) is 33.6. The summed E-state index contributed by atoms with van der Waals surface area (Å²) in [4.78, 5) is 13.2. The van der Waals surface area contributed by atoms with Crippen LogP contribution in [0.15, 0.2) is 40.8 Å². The van der Waals surface area contributed by atoms with Crippen LogP contribution < -0.4 is 10.1 Å². The normalized spacial score (nSPS) is 30.5. The van der Waals surface area contributed by atoms with E-state index >= 15 is 0 Å². The quantitative estimate of drug-likeness (QED) is 0.440. The van der Waals surface area contributed by atoms with E-state index in [-0.39, 0.29) is 23.2 Å². The highest BCUT2D eigenvalue weighted by Gasteiger charge is 2.58. The van der Waals surface area contributed by atoms with Gasteiger partial charge in [-0.15, -0.1) is 10.2 Å². The van der Waals surface area contributed by atoms with Gasteiger partial charge in [0, 0.05) is 22.6 Å². The van der Waals surface area contributed by atoms with E-state index in [4.69, 9.17) is 32.4 Å². The van der Waals surface area contributed by atoms with Crippen LogP contribution in [-0.4, -0.2) is 44.1 Å². The van der Waals surface area contributed by atoms with E-state index in [9.17, 15) is 19.4 Å². The second-order valence-electron chi connectivity index (χ2n) is 10.2. The lowest BCUT2D eigenvalue weighted by atomic mass is 9.55. The Labute approximate surface area is 221 Å². The molecule has 2 bridgehead atoms. The summed E-state index contributed by atoms with van der Waals surface area (Å²) in [6.07, 6.45) is 0.0619. The zero-order chi connectivity index (χ0) is 25.9. The zero-order valence-electron chi connectivity index (χ0n) is 19.6. The molecule has 3 atom stereocenters. The Bertz CT molecular complexity index is 1370. The number of aliphatic hydroxyl groups excluding tert-OH is 2. The van der Waals surface area contributed by atoms with Crippen molar-refractivity contribution in [1.82, 2.24) is 15.5 Å². The highest BCUT2D eigenvalue weighted by molar-refractivity contribution is 6.31. The van der Waals surface area contributed by atoms with E-state index in [2.05, 4.69) is 15.5 Å². The second kappa shape index (κ2) is 8.94. The standard InChI is InChI=1S/C26H24Cl2FN3O5/c27-14-2-4-19-15(10-14)18(33)11-20(36-19)22(35)30-26-7-5-25(6-8-26,12-21(26)34)24-32-31-23(37-24)13-1-3-16(28)17(29)9-13/h1-4,9-10,18,20-21,33-34H,5-8,11-12H2,(H,30,35)/t18?,20?,21-,25?,26?/m0/s1. The van der Waals surface area contributed by atoms with Crippen LogP contribution in [0.4, 0.5) is 4.39 Å². The number of ether oxygens (including phenoxy) is 1. The van der Waals surface area contributed by atoms with E-state index < -0.39 is 35.1 Å². The van der Waals surface area contributed by atoms with Crippen molar-refractivity contribution in [2.75, 3.05) is 0 Å². The van der Waals surface area contributed by atoms with Gasteiger partial charge < -0.3 is 24.7 Å². The molecule has 8 nitrogen and oxygen atoms in total. The van der Waals surface area contributed by atoms with Gasteiger partial charge >= 0.3 is 0 Å². The van der Waals surface area contributed by atoms with Gasteiger partial charge in [-0.25, -0.2) is 4.39 Å². The molecule has 2 unspecified atom stereocenters. The van der Waals surface area contributed by atoms with Crippen LogP contribution in [0.1, 0.15) is 56.1 Å². The molecule has 0 saturated heterocycles. The number of aliphatic hydroxyl groups is 2. The molecular weight excluding hydrogens is 524 g/mol. The fourth-order valence-corrected chi connectivity index (χ4v) is 6.17. The molecule has 2 heterocycles. The first kappa shape index (κ1) is 24.6. The Hall–Kier alpha value is -2.72. The molecule has 0 radical (unpaired) electrons. The van der Waals surface area contributed by atoms with Gasteiger partial charge in [0.1, 0.15) is 11.6 Å². The van der Waals surface area contributed by atoms with Crippen molar-refractivity contribution in [1.29, 1.82) is 0 Å². The third-order valence-corrected chi connectivity index (χ3v) is 8.61. The number of benzene rings is 2. The number of rotatable bonds is 4. The number of aromatic nitrogens is 2. The molecule has 1 amide bonds. The van der Waals surface area contributed by atoms with E-state index in [1.54, 1.807) is 24.3 Å². The lowest BCUT2D eigenvalue weighted by Crippen LogP contribution is -2.67. The summed E-state index contributed by atoms with van der Waals surface area (Å²) in [5.41, 5.74) is -0.368. The van der Waals surface area contributed by atoms with Gasteiger partial charge in [-0.1, -0.05) is 23.2 Å². The van der Waals surface area contributed by atoms with Crippen LogP contribution in [0.5, 0.6) is 5.75 Å². The van der Waals surface area contributed by atoms with Crippen molar-refractivity contribution in [3.63, 3.8) is 0 Å². The average Bonchev–Trinajstić information content (AvgIpc) is 3.38. The number of halogens is 3. The smallest absolute Gasteiger partial charge is 0.261 e. The molecule has 194 valence electrons. The summed E-state index contributed by atoms with van der Waals surface area (Å²) >= 11 is 11.8. The Kier molecular flexibility index (Phi) is 5.95. The van der Waals surface area contributed by atoms with Crippen molar-refractivity contribution in [3.8, 4) is 17.2 Å². The van der Waals surface area contributed by atoms with Crippen molar-refractivity contribution in [2.45, 2.75) is 67.8 Å². The fourth-order valence-electron chi connectivity index (χ4n) is 5.87. The van der Waals surface area contributed by atoms with Crippen LogP contribution in [0, 0.1) is 5.82 Å². The van der Waals surface area contributed by atoms with Crippen LogP contribution >= 0.6 is 23.2 Å². The molecule has 3 N–H and O–H groups in total. The number of carbonyl (C=O) groups excluding carboxylic acids is 1. The van der Waals surface area contributed by atoms with Crippen molar-refractivity contribution in [2.24, 2.45) is 0 Å². The van der Waals surface area contributed by atoms with Gasteiger partial charge in [0.25, 0.3) is 5.91 Å². The maximum absolute atomic E-state index is 13.9. The molecule has 11 heteroatoms. The highest BCUT2D eigenvalue weighted by Crippen LogP contribution is 2.53. The lowest BCUT2D eigenvalue weighted by molar-refractivity contribution is -0.139. The van der Waals surface area contributed by atoms with Crippen molar-refractivity contribution in [3.05, 3.63) is 63.7 Å². The zero-order valence-corrected chi connectivity index (χ0v) is 21.1. The van der Waals surface area contributed by atoms with Crippen molar-refractivity contribution < 1.29 is 28.6 Å². The maximum atomic E-state index is 13.9. The Morgan fingerprint density at radius 2 is 1.86 bits per heavy atom. The lowest BCUT2D eigenvalue weighted by Gasteiger charge is -2.55. The number of hydrogen-bond donors (Lipinski definition) is 3. The van der Waals surface area contributed by atoms with Crippen LogP contribution in [-0.2, 0) is 10.2 Å². The number of fused-ring (bicyclic) bond motifs is 4. The average molecular weight is 548 g/mol. The Morgan fingerprint density at radius 3 is 2.59 bits per heavy atom. The SMILES string of the molecule is O=C(NC12CCC(c3nnc(-c4ccc(Cl)c(F)c4)o3)(CC1)C[C@@H]2O)C1CC(O)c2cc(Cl)ccc2O1. The van der Waals surface area contributed by atoms with Gasteiger partial charge in [0.15, 0.2) is 6.10 Å². The van der Waals surface area contributed by atoms with Crippen LogP contribution in [0.2, 0.25) is 10.0 Å². The van der Waals surface area contributed by atoms with Gasteiger partial charge in [-0.2, -0.15) is 0 Å². The topological polar surface area (TPSA) is 118 Å². The Balaban J connectivity index is 1.16. The molecule has 7 rings (SSSR count). The fraction of sp³-hybridized carbons (Fsp3) is 0.423. The molecule has 37 heavy (non-hydrogen) atoms. The summed E-state index contributed by atoms with van der Waals surface area (Å²) in [5.74, 6) is 0.0359. The largest absolute Gasteiger partial charge is 0.480 e. The predicted octanol–water partition coefficient (Wildman–Crippen LogP) is 4.50. The minimum atomic E-state index is -0.892. The molecule has 1 aromatic heterocycles. The summed E-state index contributed by atoms with van der Waals surface area (Å²) < 4.78 is 25.7. The molecule has 3 fully saturated rings.